The van der Waals surface area contributed by atoms with E-state index in [2.05, 4.69) is 33.5 Å². The van der Waals surface area contributed by atoms with Crippen LogP contribution in [0.1, 0.15) is 21.4 Å². The zero-order valence-electron chi connectivity index (χ0n) is 8.88. The number of nitrogens with zero attached hydrogens (tertiary/aromatic N) is 2. The molecule has 0 bridgehead atoms. The van der Waals surface area contributed by atoms with Crippen LogP contribution in [0.25, 0.3) is 0 Å². The summed E-state index contributed by atoms with van der Waals surface area (Å²) in [6.07, 6.45) is 2.42. The molecule has 1 aromatic heterocycles. The standard InChI is InChI=1S/C10H18N4.2H2/c1-8-7-10(13-12-8)11-9-3-5-14(2)6-4-9;;/h7,9H,3-6H2,1-2H3,(H2,11,12,13);2*1H. The SMILES string of the molecule is Cc1cc(NC2CCN(C)CC2)n[nH]1.[HH].[HH]. The van der Waals surface area contributed by atoms with Gasteiger partial charge in [-0.05, 0) is 39.9 Å². The molecule has 2 heterocycles. The van der Waals surface area contributed by atoms with Crippen molar-refractivity contribution in [3.05, 3.63) is 11.8 Å². The van der Waals surface area contributed by atoms with Crippen molar-refractivity contribution in [2.24, 2.45) is 0 Å². The number of aryl methyl sites for hydroxylation is 1. The molecule has 1 aromatic rings. The third-order valence-corrected chi connectivity index (χ3v) is 2.78. The van der Waals surface area contributed by atoms with Gasteiger partial charge in [-0.15, -0.1) is 0 Å². The van der Waals surface area contributed by atoms with Gasteiger partial charge < -0.3 is 10.2 Å². The molecule has 1 fully saturated rings. The minimum Gasteiger partial charge on any atom is -0.366 e. The number of piperidine rings is 1. The lowest BCUT2D eigenvalue weighted by atomic mass is 10.1. The number of nitrogens with one attached hydrogen (secondary N) is 2. The number of hydrogen-bond donors (Lipinski definition) is 2. The Morgan fingerprint density at radius 1 is 1.57 bits per heavy atom. The number of likely N-dealkylation sites (tertiary alicyclic amines) is 1. The molecular weight excluding hydrogens is 176 g/mol. The van der Waals surface area contributed by atoms with Crippen molar-refractivity contribution in [1.82, 2.24) is 15.1 Å². The number of hydrogen-bond acceptors (Lipinski definition) is 3. The molecule has 1 saturated heterocycles. The maximum Gasteiger partial charge on any atom is 0.148 e. The van der Waals surface area contributed by atoms with E-state index in [1.54, 1.807) is 0 Å². The van der Waals surface area contributed by atoms with E-state index in [9.17, 15) is 0 Å². The quantitative estimate of drug-likeness (QED) is 0.760. The molecule has 0 amide bonds. The average molecular weight is 198 g/mol. The Labute approximate surface area is 87.7 Å². The highest BCUT2D eigenvalue weighted by atomic mass is 15.2. The summed E-state index contributed by atoms with van der Waals surface area (Å²) in [6.45, 7) is 4.38. The van der Waals surface area contributed by atoms with Gasteiger partial charge in [-0.25, -0.2) is 0 Å². The van der Waals surface area contributed by atoms with Crippen LogP contribution in [0, 0.1) is 6.92 Å². The van der Waals surface area contributed by atoms with Crippen LogP contribution < -0.4 is 5.32 Å². The summed E-state index contributed by atoms with van der Waals surface area (Å²) < 4.78 is 0. The normalized spacial score (nSPS) is 19.9. The summed E-state index contributed by atoms with van der Waals surface area (Å²) in [7, 11) is 2.18. The van der Waals surface area contributed by atoms with E-state index in [0.717, 1.165) is 11.5 Å². The Morgan fingerprint density at radius 3 is 2.86 bits per heavy atom. The molecule has 0 aliphatic carbocycles. The molecule has 0 saturated carbocycles. The third kappa shape index (κ3) is 2.26. The molecule has 2 rings (SSSR count). The first-order chi connectivity index (χ1) is 6.74. The van der Waals surface area contributed by atoms with Gasteiger partial charge in [0.25, 0.3) is 0 Å². The third-order valence-electron chi connectivity index (χ3n) is 2.78. The molecule has 82 valence electrons. The van der Waals surface area contributed by atoms with Crippen LogP contribution in [0.15, 0.2) is 6.07 Å². The second-order valence-electron chi connectivity index (χ2n) is 4.16. The summed E-state index contributed by atoms with van der Waals surface area (Å²) in [5.74, 6) is 0.983. The molecule has 0 unspecified atom stereocenters. The topological polar surface area (TPSA) is 44.0 Å². The predicted octanol–water partition coefficient (Wildman–Crippen LogP) is 1.72. The highest BCUT2D eigenvalue weighted by molar-refractivity contribution is 5.36. The van der Waals surface area contributed by atoms with Gasteiger partial charge in [0.15, 0.2) is 0 Å². The van der Waals surface area contributed by atoms with Gasteiger partial charge >= 0.3 is 0 Å². The van der Waals surface area contributed by atoms with Crippen molar-refractivity contribution >= 4 is 5.82 Å². The first-order valence-corrected chi connectivity index (χ1v) is 5.21. The number of anilines is 1. The lowest BCUT2D eigenvalue weighted by molar-refractivity contribution is 0.263. The van der Waals surface area contributed by atoms with Gasteiger partial charge in [-0.1, -0.05) is 0 Å². The van der Waals surface area contributed by atoms with E-state index in [1.807, 2.05) is 6.92 Å². The maximum atomic E-state index is 4.18. The van der Waals surface area contributed by atoms with E-state index in [-0.39, 0.29) is 2.85 Å². The highest BCUT2D eigenvalue weighted by Gasteiger charge is 2.16. The smallest absolute Gasteiger partial charge is 0.148 e. The molecule has 1 aliphatic rings. The zero-order chi connectivity index (χ0) is 9.97. The fourth-order valence-corrected chi connectivity index (χ4v) is 1.85. The van der Waals surface area contributed by atoms with Gasteiger partial charge in [0.05, 0.1) is 0 Å². The lowest BCUT2D eigenvalue weighted by Gasteiger charge is -2.29. The minimum absolute atomic E-state index is 0. The van der Waals surface area contributed by atoms with Crippen LogP contribution in [-0.4, -0.2) is 41.3 Å². The predicted molar refractivity (Wildman–Crippen MR) is 61.7 cm³/mol. The average Bonchev–Trinajstić information content (AvgIpc) is 2.56. The Balaban J connectivity index is 0.00000112. The van der Waals surface area contributed by atoms with Crippen LogP contribution in [0.5, 0.6) is 0 Å². The second kappa shape index (κ2) is 4.00. The monoisotopic (exact) mass is 198 g/mol. The molecule has 0 aromatic carbocycles. The molecule has 0 radical (unpaired) electrons. The maximum absolute atomic E-state index is 4.18. The largest absolute Gasteiger partial charge is 0.366 e. The number of H-pyrrole nitrogens is 1. The zero-order valence-corrected chi connectivity index (χ0v) is 8.88. The van der Waals surface area contributed by atoms with Crippen molar-refractivity contribution in [2.75, 3.05) is 25.5 Å². The van der Waals surface area contributed by atoms with Crippen molar-refractivity contribution in [3.63, 3.8) is 0 Å². The lowest BCUT2D eigenvalue weighted by Crippen LogP contribution is -2.36. The molecule has 4 nitrogen and oxygen atoms in total. The molecule has 0 atom stereocenters. The first kappa shape index (κ1) is 9.52. The van der Waals surface area contributed by atoms with Crippen LogP contribution in [0.4, 0.5) is 5.82 Å². The van der Waals surface area contributed by atoms with Gasteiger partial charge in [0.2, 0.25) is 0 Å². The summed E-state index contributed by atoms with van der Waals surface area (Å²) in [6, 6.07) is 2.65. The Kier molecular flexibility index (Phi) is 2.72. The molecule has 14 heavy (non-hydrogen) atoms. The van der Waals surface area contributed by atoms with Crippen LogP contribution in [-0.2, 0) is 0 Å². The van der Waals surface area contributed by atoms with Crippen LogP contribution >= 0.6 is 0 Å². The molecule has 2 N–H and O–H groups in total. The summed E-state index contributed by atoms with van der Waals surface area (Å²) >= 11 is 0. The number of rotatable bonds is 2. The Morgan fingerprint density at radius 2 is 2.29 bits per heavy atom. The van der Waals surface area contributed by atoms with Gasteiger partial charge in [0.1, 0.15) is 5.82 Å². The van der Waals surface area contributed by atoms with Crippen LogP contribution in [0.3, 0.4) is 0 Å². The summed E-state index contributed by atoms with van der Waals surface area (Å²) in [4.78, 5) is 2.37. The van der Waals surface area contributed by atoms with Gasteiger partial charge in [0, 0.05) is 20.7 Å². The Hall–Kier alpha value is -1.03. The van der Waals surface area contributed by atoms with E-state index in [4.69, 9.17) is 0 Å². The Bertz CT molecular complexity index is 295. The molecule has 1 aliphatic heterocycles. The summed E-state index contributed by atoms with van der Waals surface area (Å²) in [5, 5.41) is 10.6. The number of aromatic nitrogens is 2. The van der Waals surface area contributed by atoms with Gasteiger partial charge in [-0.3, -0.25) is 5.10 Å². The first-order valence-electron chi connectivity index (χ1n) is 5.21. The number of aromatic amines is 1. The van der Waals surface area contributed by atoms with Gasteiger partial charge in [-0.2, -0.15) is 5.10 Å². The fourth-order valence-electron chi connectivity index (χ4n) is 1.85. The molecule has 0 spiro atoms. The fraction of sp³-hybridized carbons (Fsp3) is 0.700. The van der Waals surface area contributed by atoms with Crippen molar-refractivity contribution < 1.29 is 2.85 Å². The molecular formula is C10H22N4. The van der Waals surface area contributed by atoms with E-state index in [1.165, 1.54) is 25.9 Å². The van der Waals surface area contributed by atoms with E-state index < -0.39 is 0 Å². The van der Waals surface area contributed by atoms with Crippen LogP contribution in [0.2, 0.25) is 0 Å². The van der Waals surface area contributed by atoms with E-state index >= 15 is 0 Å². The molecule has 4 heteroatoms. The highest BCUT2D eigenvalue weighted by Crippen LogP contribution is 2.14. The van der Waals surface area contributed by atoms with Crippen molar-refractivity contribution in [3.8, 4) is 0 Å². The minimum atomic E-state index is 0. The second-order valence-corrected chi connectivity index (χ2v) is 4.16. The van der Waals surface area contributed by atoms with E-state index in [0.29, 0.717) is 6.04 Å². The summed E-state index contributed by atoms with van der Waals surface area (Å²) in [5.41, 5.74) is 1.11. The van der Waals surface area contributed by atoms with Crippen molar-refractivity contribution in [2.45, 2.75) is 25.8 Å². The van der Waals surface area contributed by atoms with Crippen molar-refractivity contribution in [1.29, 1.82) is 0 Å².